The van der Waals surface area contributed by atoms with Crippen LogP contribution in [-0.4, -0.2) is 17.6 Å². The number of hydrogen-bond donors (Lipinski definition) is 0. The van der Waals surface area contributed by atoms with Gasteiger partial charge in [0.2, 0.25) is 0 Å². The molecule has 0 unspecified atom stereocenters. The lowest BCUT2D eigenvalue weighted by Gasteiger charge is -2.23. The van der Waals surface area contributed by atoms with Gasteiger partial charge in [0.1, 0.15) is 17.1 Å². The largest absolute Gasteiger partial charge is 0.457 e. The highest BCUT2D eigenvalue weighted by Gasteiger charge is 2.39. The fraction of sp³-hybridized carbons (Fsp3) is 0.214. The molecule has 0 aromatic heterocycles. The van der Waals surface area contributed by atoms with E-state index in [4.69, 9.17) is 32.7 Å². The van der Waals surface area contributed by atoms with E-state index >= 15 is 0 Å². The molecule has 4 rings (SSSR count). The molecule has 35 heavy (non-hydrogen) atoms. The Labute approximate surface area is 214 Å². The molecule has 0 radical (unpaired) electrons. The normalized spacial score (nSPS) is 14.3. The molecular weight excluding hydrogens is 485 g/mol. The first-order chi connectivity index (χ1) is 16.6. The fourth-order valence-electron chi connectivity index (χ4n) is 3.69. The number of anilines is 1. The molecule has 0 N–H and O–H groups in total. The molecule has 1 heterocycles. The summed E-state index contributed by atoms with van der Waals surface area (Å²) in [6.45, 7) is 7.31. The summed E-state index contributed by atoms with van der Waals surface area (Å²) >= 11 is 12.5. The first-order valence-corrected chi connectivity index (χ1v) is 12.0. The summed E-state index contributed by atoms with van der Waals surface area (Å²) in [5.41, 5.74) is 2.24. The van der Waals surface area contributed by atoms with Crippen molar-refractivity contribution >= 4 is 52.5 Å². The van der Waals surface area contributed by atoms with Crippen LogP contribution in [0.3, 0.4) is 0 Å². The molecule has 0 saturated heterocycles. The number of carbonyl (C=O) groups is 2. The Balaban J connectivity index is 1.77. The van der Waals surface area contributed by atoms with Gasteiger partial charge in [-0.05, 0) is 81.3 Å². The van der Waals surface area contributed by atoms with Crippen LogP contribution in [0.1, 0.15) is 44.4 Å². The molecular formula is C28H25Cl2NO4. The molecule has 0 fully saturated rings. The Kier molecular flexibility index (Phi) is 6.93. The van der Waals surface area contributed by atoms with Crippen LogP contribution in [-0.2, 0) is 16.0 Å². The zero-order valence-corrected chi connectivity index (χ0v) is 21.4. The zero-order chi connectivity index (χ0) is 25.3. The standard InChI is InChI=1S/C28H25Cl2NO4/c1-5-17-6-10-21(11-7-17)34-25-13-9-19(29)14-18(25)15-23-22-12-8-20(30)16-24(22)31(26(23)32)27(33)35-28(2,3)4/h6-16H,5H2,1-4H3/b23-15+. The van der Waals surface area contributed by atoms with Crippen molar-refractivity contribution in [3.63, 3.8) is 0 Å². The number of halogens is 2. The van der Waals surface area contributed by atoms with Gasteiger partial charge in [0.25, 0.3) is 5.91 Å². The third kappa shape index (κ3) is 5.53. The summed E-state index contributed by atoms with van der Waals surface area (Å²) in [5, 5.41) is 0.880. The second-order valence-corrected chi connectivity index (χ2v) is 9.99. The van der Waals surface area contributed by atoms with Gasteiger partial charge in [-0.2, -0.15) is 0 Å². The quantitative estimate of drug-likeness (QED) is 0.332. The smallest absolute Gasteiger partial charge is 0.422 e. The highest BCUT2D eigenvalue weighted by atomic mass is 35.5. The molecule has 0 atom stereocenters. The van der Waals surface area contributed by atoms with Crippen molar-refractivity contribution in [1.29, 1.82) is 0 Å². The fourth-order valence-corrected chi connectivity index (χ4v) is 4.04. The summed E-state index contributed by atoms with van der Waals surface area (Å²) in [7, 11) is 0. The van der Waals surface area contributed by atoms with Crippen molar-refractivity contribution in [1.82, 2.24) is 0 Å². The van der Waals surface area contributed by atoms with Gasteiger partial charge < -0.3 is 9.47 Å². The summed E-state index contributed by atoms with van der Waals surface area (Å²) in [4.78, 5) is 27.4. The molecule has 3 aromatic carbocycles. The predicted molar refractivity (Wildman–Crippen MR) is 140 cm³/mol. The van der Waals surface area contributed by atoms with E-state index in [1.54, 1.807) is 63.2 Å². The number of carbonyl (C=O) groups excluding carboxylic acids is 2. The van der Waals surface area contributed by atoms with E-state index in [-0.39, 0.29) is 0 Å². The Morgan fingerprint density at radius 2 is 1.63 bits per heavy atom. The first kappa shape index (κ1) is 24.8. The summed E-state index contributed by atoms with van der Waals surface area (Å²) in [5.74, 6) is 0.657. The SMILES string of the molecule is CCc1ccc(Oc2ccc(Cl)cc2/C=C2/C(=O)N(C(=O)OC(C)(C)C)c3cc(Cl)ccc32)cc1. The number of nitrogens with zero attached hydrogens (tertiary/aromatic N) is 1. The maximum Gasteiger partial charge on any atom is 0.422 e. The molecule has 2 amide bonds. The van der Waals surface area contributed by atoms with Gasteiger partial charge in [-0.1, -0.05) is 48.3 Å². The molecule has 1 aliphatic rings. The molecule has 0 bridgehead atoms. The third-order valence-electron chi connectivity index (χ3n) is 5.33. The number of ether oxygens (including phenoxy) is 2. The van der Waals surface area contributed by atoms with Crippen molar-refractivity contribution in [3.8, 4) is 11.5 Å². The molecule has 0 aliphatic carbocycles. The van der Waals surface area contributed by atoms with Crippen molar-refractivity contribution in [2.75, 3.05) is 4.90 Å². The average molecular weight is 510 g/mol. The lowest BCUT2D eigenvalue weighted by Crippen LogP contribution is -2.38. The summed E-state index contributed by atoms with van der Waals surface area (Å²) in [6, 6.07) is 17.9. The number of imide groups is 1. The van der Waals surface area contributed by atoms with Crippen LogP contribution in [0.25, 0.3) is 11.6 Å². The molecule has 1 aliphatic heterocycles. The van der Waals surface area contributed by atoms with E-state index < -0.39 is 17.6 Å². The van der Waals surface area contributed by atoms with Crippen LogP contribution in [0, 0.1) is 0 Å². The lowest BCUT2D eigenvalue weighted by molar-refractivity contribution is -0.112. The maximum absolute atomic E-state index is 13.5. The van der Waals surface area contributed by atoms with Crippen LogP contribution < -0.4 is 9.64 Å². The van der Waals surface area contributed by atoms with E-state index in [1.165, 1.54) is 5.56 Å². The second kappa shape index (κ2) is 9.76. The molecule has 0 spiro atoms. The molecule has 180 valence electrons. The highest BCUT2D eigenvalue weighted by Crippen LogP contribution is 2.41. The third-order valence-corrected chi connectivity index (χ3v) is 5.80. The van der Waals surface area contributed by atoms with Gasteiger partial charge in [-0.15, -0.1) is 0 Å². The monoisotopic (exact) mass is 509 g/mol. The lowest BCUT2D eigenvalue weighted by atomic mass is 10.0. The van der Waals surface area contributed by atoms with E-state index in [0.29, 0.717) is 43.9 Å². The predicted octanol–water partition coefficient (Wildman–Crippen LogP) is 8.17. The molecule has 7 heteroatoms. The van der Waals surface area contributed by atoms with Gasteiger partial charge in [-0.25, -0.2) is 9.69 Å². The Morgan fingerprint density at radius 1 is 0.971 bits per heavy atom. The topological polar surface area (TPSA) is 55.8 Å². The minimum absolute atomic E-state index is 0.302. The second-order valence-electron chi connectivity index (χ2n) is 9.12. The molecule has 3 aromatic rings. The molecule has 5 nitrogen and oxygen atoms in total. The number of hydrogen-bond acceptors (Lipinski definition) is 4. The molecule has 0 saturated carbocycles. The summed E-state index contributed by atoms with van der Waals surface area (Å²) in [6.07, 6.45) is 1.83. The van der Waals surface area contributed by atoms with E-state index in [2.05, 4.69) is 6.92 Å². The van der Waals surface area contributed by atoms with Gasteiger partial charge >= 0.3 is 6.09 Å². The Hall–Kier alpha value is -3.28. The maximum atomic E-state index is 13.5. The Morgan fingerprint density at radius 3 is 2.29 bits per heavy atom. The number of rotatable bonds is 4. The minimum atomic E-state index is -0.774. The van der Waals surface area contributed by atoms with Crippen molar-refractivity contribution in [3.05, 3.63) is 87.4 Å². The van der Waals surface area contributed by atoms with Gasteiger partial charge in [0.05, 0.1) is 11.3 Å². The van der Waals surface area contributed by atoms with Gasteiger partial charge in [0.15, 0.2) is 0 Å². The van der Waals surface area contributed by atoms with Crippen molar-refractivity contribution in [2.24, 2.45) is 0 Å². The van der Waals surface area contributed by atoms with Gasteiger partial charge in [-0.3, -0.25) is 4.79 Å². The van der Waals surface area contributed by atoms with Gasteiger partial charge in [0, 0.05) is 21.2 Å². The van der Waals surface area contributed by atoms with E-state index in [0.717, 1.165) is 11.3 Å². The number of aryl methyl sites for hydroxylation is 1. The highest BCUT2D eigenvalue weighted by molar-refractivity contribution is 6.42. The minimum Gasteiger partial charge on any atom is -0.457 e. The van der Waals surface area contributed by atoms with E-state index in [1.807, 2.05) is 24.3 Å². The summed E-state index contributed by atoms with van der Waals surface area (Å²) < 4.78 is 11.6. The van der Waals surface area contributed by atoms with Crippen molar-refractivity contribution in [2.45, 2.75) is 39.7 Å². The number of benzene rings is 3. The zero-order valence-electron chi connectivity index (χ0n) is 19.9. The van der Waals surface area contributed by atoms with Crippen LogP contribution in [0.2, 0.25) is 10.0 Å². The Bertz CT molecular complexity index is 1320. The number of fused-ring (bicyclic) bond motifs is 1. The van der Waals surface area contributed by atoms with Crippen LogP contribution in [0.4, 0.5) is 10.5 Å². The van der Waals surface area contributed by atoms with E-state index in [9.17, 15) is 9.59 Å². The average Bonchev–Trinajstić information content (AvgIpc) is 3.05. The first-order valence-electron chi connectivity index (χ1n) is 11.2. The van der Waals surface area contributed by atoms with Crippen molar-refractivity contribution < 1.29 is 19.1 Å². The number of amides is 2. The van der Waals surface area contributed by atoms with Crippen LogP contribution in [0.5, 0.6) is 11.5 Å². The van der Waals surface area contributed by atoms with Crippen LogP contribution in [0.15, 0.2) is 60.7 Å². The van der Waals surface area contributed by atoms with Crippen LogP contribution >= 0.6 is 23.2 Å².